The summed E-state index contributed by atoms with van der Waals surface area (Å²) in [5.74, 6) is 0.830. The highest BCUT2D eigenvalue weighted by Crippen LogP contribution is 2.06. The van der Waals surface area contributed by atoms with E-state index < -0.39 is 0 Å². The smallest absolute Gasteiger partial charge is 0.319 e. The molecule has 90 valence electrons. The standard InChI is InChI=1S/C10H17N3O3/c1-7(2)13(6-10(14)15-4)5-9-11-8(3)12-16-9/h7H,5-6H2,1-4H3. The van der Waals surface area contributed by atoms with Crippen molar-refractivity contribution in [1.82, 2.24) is 15.0 Å². The Morgan fingerprint density at radius 3 is 2.69 bits per heavy atom. The van der Waals surface area contributed by atoms with Crippen LogP contribution in [0.5, 0.6) is 0 Å². The lowest BCUT2D eigenvalue weighted by Gasteiger charge is -2.22. The van der Waals surface area contributed by atoms with Gasteiger partial charge in [0.2, 0.25) is 5.89 Å². The number of ether oxygens (including phenoxy) is 1. The van der Waals surface area contributed by atoms with Gasteiger partial charge in [-0.15, -0.1) is 0 Å². The van der Waals surface area contributed by atoms with E-state index in [1.54, 1.807) is 6.92 Å². The SMILES string of the molecule is COC(=O)CN(Cc1nc(C)no1)C(C)C. The third-order valence-electron chi connectivity index (χ3n) is 2.20. The summed E-state index contributed by atoms with van der Waals surface area (Å²) in [6, 6.07) is 0.200. The molecule has 6 nitrogen and oxygen atoms in total. The van der Waals surface area contributed by atoms with Crippen LogP contribution in [0.4, 0.5) is 0 Å². The molecule has 1 rings (SSSR count). The van der Waals surface area contributed by atoms with Crippen LogP contribution >= 0.6 is 0 Å². The number of nitrogens with zero attached hydrogens (tertiary/aromatic N) is 3. The molecule has 0 amide bonds. The summed E-state index contributed by atoms with van der Waals surface area (Å²) < 4.78 is 9.63. The molecule has 6 heteroatoms. The third kappa shape index (κ3) is 3.62. The predicted molar refractivity (Wildman–Crippen MR) is 56.6 cm³/mol. The molecule has 0 saturated carbocycles. The van der Waals surface area contributed by atoms with E-state index in [1.165, 1.54) is 7.11 Å². The van der Waals surface area contributed by atoms with Crippen molar-refractivity contribution >= 4 is 5.97 Å². The van der Waals surface area contributed by atoms with E-state index in [9.17, 15) is 4.79 Å². The largest absolute Gasteiger partial charge is 0.468 e. The molecule has 0 aromatic carbocycles. The second-order valence-electron chi connectivity index (χ2n) is 3.81. The van der Waals surface area contributed by atoms with Gasteiger partial charge in [0.15, 0.2) is 5.82 Å². The normalized spacial score (nSPS) is 11.1. The minimum Gasteiger partial charge on any atom is -0.468 e. The monoisotopic (exact) mass is 227 g/mol. The van der Waals surface area contributed by atoms with Crippen molar-refractivity contribution in [2.45, 2.75) is 33.4 Å². The molecule has 16 heavy (non-hydrogen) atoms. The Bertz CT molecular complexity index is 349. The number of hydrogen-bond acceptors (Lipinski definition) is 6. The van der Waals surface area contributed by atoms with Crippen LogP contribution in [-0.4, -0.2) is 40.7 Å². The molecule has 0 saturated heterocycles. The molecular formula is C10H17N3O3. The van der Waals surface area contributed by atoms with Gasteiger partial charge in [-0.1, -0.05) is 5.16 Å². The van der Waals surface area contributed by atoms with Crippen LogP contribution in [-0.2, 0) is 16.1 Å². The molecular weight excluding hydrogens is 210 g/mol. The highest BCUT2D eigenvalue weighted by molar-refractivity contribution is 5.71. The minimum atomic E-state index is -0.273. The Hall–Kier alpha value is -1.43. The fraction of sp³-hybridized carbons (Fsp3) is 0.700. The van der Waals surface area contributed by atoms with Gasteiger partial charge < -0.3 is 9.26 Å². The van der Waals surface area contributed by atoms with Crippen molar-refractivity contribution in [2.75, 3.05) is 13.7 Å². The van der Waals surface area contributed by atoms with E-state index in [-0.39, 0.29) is 18.6 Å². The van der Waals surface area contributed by atoms with E-state index in [2.05, 4.69) is 14.9 Å². The lowest BCUT2D eigenvalue weighted by molar-refractivity contribution is -0.142. The van der Waals surface area contributed by atoms with Gasteiger partial charge in [-0.25, -0.2) is 0 Å². The molecule has 1 aromatic rings. The third-order valence-corrected chi connectivity index (χ3v) is 2.20. The van der Waals surface area contributed by atoms with Gasteiger partial charge in [-0.05, 0) is 20.8 Å². The molecule has 0 spiro atoms. The molecule has 0 fully saturated rings. The van der Waals surface area contributed by atoms with Crippen molar-refractivity contribution < 1.29 is 14.1 Å². The Balaban J connectivity index is 2.61. The maximum atomic E-state index is 11.2. The van der Waals surface area contributed by atoms with Crippen molar-refractivity contribution in [1.29, 1.82) is 0 Å². The Kier molecular flexibility index (Phi) is 4.42. The van der Waals surface area contributed by atoms with Crippen molar-refractivity contribution in [2.24, 2.45) is 0 Å². The minimum absolute atomic E-state index is 0.200. The molecule has 0 N–H and O–H groups in total. The second-order valence-corrected chi connectivity index (χ2v) is 3.81. The molecule has 0 bridgehead atoms. The van der Waals surface area contributed by atoms with Crippen LogP contribution in [0.25, 0.3) is 0 Å². The maximum absolute atomic E-state index is 11.2. The Morgan fingerprint density at radius 2 is 2.25 bits per heavy atom. The molecule has 0 aliphatic carbocycles. The Morgan fingerprint density at radius 1 is 1.56 bits per heavy atom. The number of aromatic nitrogens is 2. The summed E-state index contributed by atoms with van der Waals surface area (Å²) >= 11 is 0. The first kappa shape index (κ1) is 12.6. The summed E-state index contributed by atoms with van der Waals surface area (Å²) in [5, 5.41) is 3.70. The number of hydrogen-bond donors (Lipinski definition) is 0. The van der Waals surface area contributed by atoms with Gasteiger partial charge in [0.05, 0.1) is 20.2 Å². The number of aryl methyl sites for hydroxylation is 1. The molecule has 1 heterocycles. The first-order valence-corrected chi connectivity index (χ1v) is 5.13. The summed E-state index contributed by atoms with van der Waals surface area (Å²) in [6.45, 7) is 6.41. The first-order valence-electron chi connectivity index (χ1n) is 5.13. The van der Waals surface area contributed by atoms with Gasteiger partial charge in [0.25, 0.3) is 0 Å². The average molecular weight is 227 g/mol. The topological polar surface area (TPSA) is 68.5 Å². The molecule has 0 atom stereocenters. The first-order chi connectivity index (χ1) is 7.52. The zero-order valence-electron chi connectivity index (χ0n) is 10.1. The summed E-state index contributed by atoms with van der Waals surface area (Å²) in [6.07, 6.45) is 0. The van der Waals surface area contributed by atoms with Crippen LogP contribution in [0.2, 0.25) is 0 Å². The summed E-state index contributed by atoms with van der Waals surface area (Å²) in [4.78, 5) is 17.2. The van der Waals surface area contributed by atoms with Gasteiger partial charge in [-0.3, -0.25) is 9.69 Å². The molecule has 0 unspecified atom stereocenters. The number of carbonyl (C=O) groups is 1. The fourth-order valence-electron chi connectivity index (χ4n) is 1.23. The van der Waals surface area contributed by atoms with E-state index in [4.69, 9.17) is 4.52 Å². The lowest BCUT2D eigenvalue weighted by Crippen LogP contribution is -2.35. The van der Waals surface area contributed by atoms with Crippen molar-refractivity contribution in [3.8, 4) is 0 Å². The predicted octanol–water partition coefficient (Wildman–Crippen LogP) is 0.761. The fourth-order valence-corrected chi connectivity index (χ4v) is 1.23. The van der Waals surface area contributed by atoms with E-state index in [0.29, 0.717) is 18.3 Å². The summed E-state index contributed by atoms with van der Waals surface area (Å²) in [7, 11) is 1.37. The summed E-state index contributed by atoms with van der Waals surface area (Å²) in [5.41, 5.74) is 0. The Labute approximate surface area is 94.6 Å². The van der Waals surface area contributed by atoms with Crippen molar-refractivity contribution in [3.05, 3.63) is 11.7 Å². The maximum Gasteiger partial charge on any atom is 0.319 e. The number of rotatable bonds is 5. The van der Waals surface area contributed by atoms with Gasteiger partial charge in [0.1, 0.15) is 0 Å². The molecule has 0 aliphatic heterocycles. The van der Waals surface area contributed by atoms with Crippen LogP contribution in [0.3, 0.4) is 0 Å². The van der Waals surface area contributed by atoms with Crippen LogP contribution in [0, 0.1) is 6.92 Å². The van der Waals surface area contributed by atoms with Gasteiger partial charge >= 0.3 is 5.97 Å². The van der Waals surface area contributed by atoms with Crippen LogP contribution in [0.15, 0.2) is 4.52 Å². The lowest BCUT2D eigenvalue weighted by atomic mass is 10.3. The zero-order valence-corrected chi connectivity index (χ0v) is 10.1. The molecule has 0 aliphatic rings. The quantitative estimate of drug-likeness (QED) is 0.692. The van der Waals surface area contributed by atoms with E-state index >= 15 is 0 Å². The van der Waals surface area contributed by atoms with Crippen molar-refractivity contribution in [3.63, 3.8) is 0 Å². The molecule has 1 aromatic heterocycles. The average Bonchev–Trinajstić information content (AvgIpc) is 2.62. The second kappa shape index (κ2) is 5.60. The van der Waals surface area contributed by atoms with Crippen LogP contribution in [0.1, 0.15) is 25.6 Å². The highest BCUT2D eigenvalue weighted by Gasteiger charge is 2.17. The number of methoxy groups -OCH3 is 1. The van der Waals surface area contributed by atoms with Gasteiger partial charge in [0, 0.05) is 6.04 Å². The van der Waals surface area contributed by atoms with E-state index in [0.717, 1.165) is 0 Å². The van der Waals surface area contributed by atoms with Gasteiger partial charge in [-0.2, -0.15) is 4.98 Å². The number of carbonyl (C=O) groups excluding carboxylic acids is 1. The van der Waals surface area contributed by atoms with Crippen LogP contribution < -0.4 is 0 Å². The highest BCUT2D eigenvalue weighted by atomic mass is 16.5. The molecule has 0 radical (unpaired) electrons. The zero-order chi connectivity index (χ0) is 12.1. The number of esters is 1. The van der Waals surface area contributed by atoms with E-state index in [1.807, 2.05) is 18.7 Å².